The lowest BCUT2D eigenvalue weighted by atomic mass is 9.55. The molecule has 0 aliphatic heterocycles. The number of fused-ring (bicyclic) bond motifs is 1. The van der Waals surface area contributed by atoms with Gasteiger partial charge in [0.05, 0.1) is 12.5 Å². The van der Waals surface area contributed by atoms with Gasteiger partial charge in [-0.1, -0.05) is 43.9 Å². The van der Waals surface area contributed by atoms with E-state index in [1.165, 1.54) is 13.2 Å². The van der Waals surface area contributed by atoms with Gasteiger partial charge in [-0.2, -0.15) is 0 Å². The monoisotopic (exact) mass is 364 g/mol. The Hall–Kier alpha value is -2.88. The molecule has 0 bridgehead atoms. The van der Waals surface area contributed by atoms with Crippen molar-refractivity contribution in [1.82, 2.24) is 0 Å². The predicted molar refractivity (Wildman–Crippen MR) is 105 cm³/mol. The number of methoxy groups -OCH3 is 1. The minimum Gasteiger partial charge on any atom is -0.504 e. The van der Waals surface area contributed by atoms with Gasteiger partial charge in [0, 0.05) is 11.8 Å². The minimum atomic E-state index is -0.827. The molecule has 3 unspecified atom stereocenters. The number of rotatable bonds is 4. The fourth-order valence-electron chi connectivity index (χ4n) is 4.12. The topological polar surface area (TPSA) is 63.6 Å². The first-order valence-corrected chi connectivity index (χ1v) is 8.97. The molecule has 27 heavy (non-hydrogen) atoms. The molecule has 1 aromatic carbocycles. The number of carbonyl (C=O) groups is 2. The Morgan fingerprint density at radius 1 is 1.33 bits per heavy atom. The van der Waals surface area contributed by atoms with Gasteiger partial charge in [-0.25, -0.2) is 0 Å². The van der Waals surface area contributed by atoms with E-state index in [1.54, 1.807) is 31.2 Å². The first-order chi connectivity index (χ1) is 12.8. The van der Waals surface area contributed by atoms with Crippen molar-refractivity contribution in [3.63, 3.8) is 0 Å². The highest BCUT2D eigenvalue weighted by atomic mass is 16.5. The highest BCUT2D eigenvalue weighted by Crippen LogP contribution is 2.50. The third-order valence-corrected chi connectivity index (χ3v) is 5.82. The van der Waals surface area contributed by atoms with Gasteiger partial charge in [-0.15, -0.1) is 0 Å². The van der Waals surface area contributed by atoms with E-state index in [0.29, 0.717) is 17.7 Å². The van der Waals surface area contributed by atoms with E-state index in [9.17, 15) is 14.7 Å². The molecule has 0 spiro atoms. The first kappa shape index (κ1) is 18.9. The molecule has 1 aromatic rings. The molecule has 4 heteroatoms. The number of benzene rings is 1. The number of carbonyl (C=O) groups excluding carboxylic acids is 2. The second-order valence-electron chi connectivity index (χ2n) is 7.30. The van der Waals surface area contributed by atoms with Crippen molar-refractivity contribution in [2.24, 2.45) is 17.3 Å². The Balaban J connectivity index is 2.04. The average Bonchev–Trinajstić information content (AvgIpc) is 2.66. The third-order valence-electron chi connectivity index (χ3n) is 5.82. The summed E-state index contributed by atoms with van der Waals surface area (Å²) in [5.74, 6) is -0.139. The van der Waals surface area contributed by atoms with Crippen molar-refractivity contribution in [2.45, 2.75) is 20.3 Å². The molecule has 0 radical (unpaired) electrons. The molecule has 3 atom stereocenters. The number of hydrogen-bond donors (Lipinski definition) is 1. The Kier molecular flexibility index (Phi) is 4.92. The molecule has 4 nitrogen and oxygen atoms in total. The number of phenolic OH excluding ortho intramolecular Hbond substituents is 1. The van der Waals surface area contributed by atoms with Crippen LogP contribution in [0.3, 0.4) is 0 Å². The minimum absolute atomic E-state index is 0.0185. The SMILES string of the molecule is C=CC1=CCC2C(=O)C(C)=CC(=O)C2(C)C1C=Cc1ccc(O)c(OC)c1. The third kappa shape index (κ3) is 3.05. The van der Waals surface area contributed by atoms with Gasteiger partial charge in [0.15, 0.2) is 23.1 Å². The highest BCUT2D eigenvalue weighted by molar-refractivity contribution is 6.12. The van der Waals surface area contributed by atoms with Gasteiger partial charge in [0.2, 0.25) is 0 Å². The summed E-state index contributed by atoms with van der Waals surface area (Å²) in [5, 5.41) is 9.76. The van der Waals surface area contributed by atoms with E-state index >= 15 is 0 Å². The van der Waals surface area contributed by atoms with E-state index < -0.39 is 5.41 Å². The normalized spacial score (nSPS) is 27.8. The first-order valence-electron chi connectivity index (χ1n) is 8.97. The lowest BCUT2D eigenvalue weighted by Gasteiger charge is -2.45. The van der Waals surface area contributed by atoms with E-state index in [0.717, 1.165) is 11.1 Å². The van der Waals surface area contributed by atoms with Crippen molar-refractivity contribution >= 4 is 17.6 Å². The molecule has 2 aliphatic rings. The molecule has 0 heterocycles. The highest BCUT2D eigenvalue weighted by Gasteiger charge is 2.53. The molecule has 1 N–H and O–H groups in total. The summed E-state index contributed by atoms with van der Waals surface area (Å²) >= 11 is 0. The Morgan fingerprint density at radius 3 is 2.74 bits per heavy atom. The molecule has 140 valence electrons. The number of aromatic hydroxyl groups is 1. The summed E-state index contributed by atoms with van der Waals surface area (Å²) in [7, 11) is 1.49. The zero-order chi connectivity index (χ0) is 19.8. The maximum absolute atomic E-state index is 13.0. The fourth-order valence-corrected chi connectivity index (χ4v) is 4.12. The number of allylic oxidation sites excluding steroid dienone is 6. The Labute approximate surface area is 159 Å². The van der Waals surface area contributed by atoms with Gasteiger partial charge in [0.1, 0.15) is 0 Å². The summed E-state index contributed by atoms with van der Waals surface area (Å²) in [6.07, 6.45) is 9.64. The van der Waals surface area contributed by atoms with Crippen molar-refractivity contribution in [3.05, 3.63) is 65.8 Å². The van der Waals surface area contributed by atoms with Crippen LogP contribution < -0.4 is 4.74 Å². The smallest absolute Gasteiger partial charge is 0.163 e. The zero-order valence-corrected chi connectivity index (χ0v) is 15.9. The molecule has 2 aliphatic carbocycles. The van der Waals surface area contributed by atoms with Gasteiger partial charge >= 0.3 is 0 Å². The zero-order valence-electron chi connectivity index (χ0n) is 15.9. The average molecular weight is 364 g/mol. The van der Waals surface area contributed by atoms with Gasteiger partial charge in [0.25, 0.3) is 0 Å². The number of ether oxygens (including phenoxy) is 1. The standard InChI is InChI=1S/C23H24O4/c1-5-16-8-10-18-22(26)14(2)12-21(25)23(18,3)17(16)9-6-15-7-11-19(24)20(13-15)27-4/h5-9,11-13,17-18,24H,1,10H2,2-4H3. The van der Waals surface area contributed by atoms with Crippen molar-refractivity contribution in [1.29, 1.82) is 0 Å². The summed E-state index contributed by atoms with van der Waals surface area (Å²) in [6, 6.07) is 5.06. The van der Waals surface area contributed by atoms with Gasteiger partial charge in [-0.05, 0) is 48.3 Å². The van der Waals surface area contributed by atoms with E-state index in [4.69, 9.17) is 4.74 Å². The van der Waals surface area contributed by atoms with Crippen LogP contribution >= 0.6 is 0 Å². The summed E-state index contributed by atoms with van der Waals surface area (Å²) < 4.78 is 5.15. The molecular weight excluding hydrogens is 340 g/mol. The quantitative estimate of drug-likeness (QED) is 0.867. The van der Waals surface area contributed by atoms with Gasteiger partial charge in [-0.3, -0.25) is 9.59 Å². The van der Waals surface area contributed by atoms with Crippen molar-refractivity contribution < 1.29 is 19.4 Å². The molecular formula is C23H24O4. The van der Waals surface area contributed by atoms with E-state index in [2.05, 4.69) is 6.58 Å². The maximum Gasteiger partial charge on any atom is 0.163 e. The summed E-state index contributed by atoms with van der Waals surface area (Å²) in [4.78, 5) is 25.7. The van der Waals surface area contributed by atoms with Crippen LogP contribution in [0.4, 0.5) is 0 Å². The predicted octanol–water partition coefficient (Wildman–Crippen LogP) is 4.27. The van der Waals surface area contributed by atoms with Crippen LogP contribution in [0.15, 0.2) is 60.2 Å². The second kappa shape index (κ2) is 7.03. The van der Waals surface area contributed by atoms with Gasteiger partial charge < -0.3 is 9.84 Å². The number of Topliss-reactive ketones (excluding diaryl/α,β-unsaturated/α-hetero) is 1. The molecule has 0 saturated heterocycles. The second-order valence-corrected chi connectivity index (χ2v) is 7.30. The Bertz CT molecular complexity index is 903. The number of ketones is 2. The lowest BCUT2D eigenvalue weighted by molar-refractivity contribution is -0.138. The molecule has 3 rings (SSSR count). The summed E-state index contributed by atoms with van der Waals surface area (Å²) in [6.45, 7) is 7.48. The van der Waals surface area contributed by atoms with E-state index in [1.807, 2.05) is 25.2 Å². The molecule has 0 fully saturated rings. The fraction of sp³-hybridized carbons (Fsp3) is 0.304. The largest absolute Gasteiger partial charge is 0.504 e. The van der Waals surface area contributed by atoms with Crippen molar-refractivity contribution in [2.75, 3.05) is 7.11 Å². The lowest BCUT2D eigenvalue weighted by Crippen LogP contribution is -2.49. The van der Waals surface area contributed by atoms with Crippen LogP contribution in [0.5, 0.6) is 11.5 Å². The van der Waals surface area contributed by atoms with Crippen LogP contribution in [-0.4, -0.2) is 23.8 Å². The van der Waals surface area contributed by atoms with Crippen LogP contribution in [0.2, 0.25) is 0 Å². The Morgan fingerprint density at radius 2 is 2.07 bits per heavy atom. The van der Waals surface area contributed by atoms with Crippen molar-refractivity contribution in [3.8, 4) is 11.5 Å². The van der Waals surface area contributed by atoms with Crippen LogP contribution in [0.1, 0.15) is 25.8 Å². The number of hydrogen-bond acceptors (Lipinski definition) is 4. The number of phenols is 1. The maximum atomic E-state index is 13.0. The summed E-state index contributed by atoms with van der Waals surface area (Å²) in [5.41, 5.74) is 1.49. The molecule has 0 saturated carbocycles. The molecule has 0 amide bonds. The molecule has 0 aromatic heterocycles. The van der Waals surface area contributed by atoms with Crippen LogP contribution in [0, 0.1) is 17.3 Å². The van der Waals surface area contributed by atoms with Crippen LogP contribution in [0.25, 0.3) is 6.08 Å². The van der Waals surface area contributed by atoms with E-state index in [-0.39, 0.29) is 29.2 Å². The van der Waals surface area contributed by atoms with Crippen LogP contribution in [-0.2, 0) is 9.59 Å².